The molecule has 0 aliphatic carbocycles. The fourth-order valence-corrected chi connectivity index (χ4v) is 3.33. The molecule has 2 aromatic carbocycles. The molecule has 6 heteroatoms. The average molecular weight is 371 g/mol. The summed E-state index contributed by atoms with van der Waals surface area (Å²) in [6.07, 6.45) is 1.70. The molecule has 0 saturated heterocycles. The number of thiophene rings is 1. The van der Waals surface area contributed by atoms with Crippen LogP contribution in [0.2, 0.25) is 0 Å². The Bertz CT molecular complexity index is 1170. The van der Waals surface area contributed by atoms with Gasteiger partial charge in [0.2, 0.25) is 0 Å². The quantitative estimate of drug-likeness (QED) is 0.534. The van der Waals surface area contributed by atoms with Crippen LogP contribution < -0.4 is 10.1 Å². The summed E-state index contributed by atoms with van der Waals surface area (Å²) in [6, 6.07) is 22.0. The number of nitriles is 1. The second kappa shape index (κ2) is 7.28. The van der Waals surface area contributed by atoms with Crippen molar-refractivity contribution in [2.45, 2.75) is 0 Å². The number of ether oxygens (including phenoxy) is 1. The van der Waals surface area contributed by atoms with E-state index >= 15 is 0 Å². The molecule has 1 N–H and O–H groups in total. The van der Waals surface area contributed by atoms with Crippen molar-refractivity contribution in [2.75, 3.05) is 5.32 Å². The lowest BCUT2D eigenvalue weighted by Gasteiger charge is -2.10. The topological polar surface area (TPSA) is 75.0 Å². The Labute approximate surface area is 159 Å². The van der Waals surface area contributed by atoms with Crippen molar-refractivity contribution in [1.82, 2.24) is 4.98 Å². The fourth-order valence-electron chi connectivity index (χ4n) is 2.64. The largest absolute Gasteiger partial charge is 0.457 e. The molecule has 2 aromatic heterocycles. The molecule has 0 radical (unpaired) electrons. The summed E-state index contributed by atoms with van der Waals surface area (Å²) in [4.78, 5) is 17.6. The van der Waals surface area contributed by atoms with Crippen molar-refractivity contribution in [1.29, 1.82) is 5.26 Å². The van der Waals surface area contributed by atoms with Gasteiger partial charge in [-0.15, -0.1) is 11.3 Å². The van der Waals surface area contributed by atoms with E-state index in [4.69, 9.17) is 10.00 Å². The molecule has 130 valence electrons. The van der Waals surface area contributed by atoms with Crippen molar-refractivity contribution in [3.63, 3.8) is 0 Å². The van der Waals surface area contributed by atoms with E-state index in [0.29, 0.717) is 26.9 Å². The summed E-state index contributed by atoms with van der Waals surface area (Å²) in [5.74, 6) is 1.04. The van der Waals surface area contributed by atoms with E-state index in [-0.39, 0.29) is 5.91 Å². The molecule has 0 bridgehead atoms. The van der Waals surface area contributed by atoms with Gasteiger partial charge in [-0.3, -0.25) is 9.78 Å². The van der Waals surface area contributed by atoms with Crippen molar-refractivity contribution in [3.05, 3.63) is 82.7 Å². The second-order valence-electron chi connectivity index (χ2n) is 5.69. The molecule has 0 saturated carbocycles. The number of anilines is 1. The number of pyridine rings is 1. The first-order valence-corrected chi connectivity index (χ1v) is 8.97. The number of hydrogen-bond donors (Lipinski definition) is 1. The molecule has 1 amide bonds. The molecule has 0 unspecified atom stereocenters. The number of hydrogen-bond acceptors (Lipinski definition) is 5. The monoisotopic (exact) mass is 371 g/mol. The summed E-state index contributed by atoms with van der Waals surface area (Å²) in [6.45, 7) is 0. The van der Waals surface area contributed by atoms with Crippen LogP contribution in [0.15, 0.2) is 72.9 Å². The molecule has 4 aromatic rings. The van der Waals surface area contributed by atoms with E-state index in [2.05, 4.69) is 10.3 Å². The first-order chi connectivity index (χ1) is 13.2. The predicted molar refractivity (Wildman–Crippen MR) is 105 cm³/mol. The van der Waals surface area contributed by atoms with E-state index in [1.165, 1.54) is 0 Å². The number of para-hydroxylation sites is 1. The number of carbonyl (C=O) groups excluding carboxylic acids is 1. The minimum Gasteiger partial charge on any atom is -0.457 e. The lowest BCUT2D eigenvalue weighted by Crippen LogP contribution is -2.09. The summed E-state index contributed by atoms with van der Waals surface area (Å²) in [5, 5.41) is 12.6. The highest BCUT2D eigenvalue weighted by atomic mass is 32.1. The van der Waals surface area contributed by atoms with Crippen LogP contribution in [0.4, 0.5) is 5.69 Å². The minimum atomic E-state index is -0.256. The van der Waals surface area contributed by atoms with Crippen molar-refractivity contribution in [2.24, 2.45) is 0 Å². The number of amides is 1. The Kier molecular flexibility index (Phi) is 4.52. The maximum atomic E-state index is 12.3. The highest BCUT2D eigenvalue weighted by Gasteiger charge is 2.10. The van der Waals surface area contributed by atoms with Gasteiger partial charge in [0.05, 0.1) is 10.4 Å². The van der Waals surface area contributed by atoms with E-state index in [0.717, 1.165) is 22.2 Å². The number of benzene rings is 2. The molecule has 27 heavy (non-hydrogen) atoms. The average Bonchev–Trinajstić information content (AvgIpc) is 3.18. The molecule has 0 aliphatic heterocycles. The number of nitrogens with zero attached hydrogens (tertiary/aromatic N) is 2. The van der Waals surface area contributed by atoms with Crippen molar-refractivity contribution < 1.29 is 9.53 Å². The molecular formula is C21H13N3O2S. The van der Waals surface area contributed by atoms with Crippen LogP contribution in [0.3, 0.4) is 0 Å². The van der Waals surface area contributed by atoms with Gasteiger partial charge in [-0.2, -0.15) is 5.26 Å². The highest BCUT2D eigenvalue weighted by Crippen LogP contribution is 2.30. The van der Waals surface area contributed by atoms with Crippen LogP contribution in [0.5, 0.6) is 11.5 Å². The SMILES string of the molecule is N#Cc1ccc(C(=O)Nc2cccc(Oc3ccnc4ccccc34)c2)s1. The summed E-state index contributed by atoms with van der Waals surface area (Å²) >= 11 is 1.16. The highest BCUT2D eigenvalue weighted by molar-refractivity contribution is 7.14. The predicted octanol–water partition coefficient (Wildman–Crippen LogP) is 5.21. The standard InChI is InChI=1S/C21H13N3O2S/c22-13-16-8-9-20(27-16)21(25)24-14-4-3-5-15(12-14)26-19-10-11-23-18-7-2-1-6-17(18)19/h1-12H,(H,24,25). The molecule has 0 fully saturated rings. The Morgan fingerprint density at radius 3 is 2.81 bits per heavy atom. The molecule has 4 rings (SSSR count). The third-order valence-corrected chi connectivity index (χ3v) is 4.86. The van der Waals surface area contributed by atoms with Crippen LogP contribution in [-0.4, -0.2) is 10.9 Å². The van der Waals surface area contributed by atoms with Crippen molar-refractivity contribution >= 4 is 33.8 Å². The maximum absolute atomic E-state index is 12.3. The van der Waals surface area contributed by atoms with Gasteiger partial charge in [-0.1, -0.05) is 18.2 Å². The van der Waals surface area contributed by atoms with Crippen LogP contribution >= 0.6 is 11.3 Å². The third-order valence-electron chi connectivity index (χ3n) is 3.87. The zero-order valence-electron chi connectivity index (χ0n) is 14.0. The lowest BCUT2D eigenvalue weighted by atomic mass is 10.2. The van der Waals surface area contributed by atoms with Gasteiger partial charge in [0.1, 0.15) is 22.4 Å². The van der Waals surface area contributed by atoms with E-state index in [1.807, 2.05) is 48.5 Å². The smallest absolute Gasteiger partial charge is 0.265 e. The van der Waals surface area contributed by atoms with Gasteiger partial charge < -0.3 is 10.1 Å². The number of nitrogens with one attached hydrogen (secondary N) is 1. The van der Waals surface area contributed by atoms with Crippen LogP contribution in [0.25, 0.3) is 10.9 Å². The Morgan fingerprint density at radius 2 is 1.96 bits per heavy atom. The summed E-state index contributed by atoms with van der Waals surface area (Å²) in [7, 11) is 0. The Hall–Kier alpha value is -3.69. The Balaban J connectivity index is 1.55. The first-order valence-electron chi connectivity index (χ1n) is 8.16. The lowest BCUT2D eigenvalue weighted by molar-refractivity contribution is 0.103. The van der Waals surface area contributed by atoms with Gasteiger partial charge in [-0.05, 0) is 42.5 Å². The van der Waals surface area contributed by atoms with E-state index in [9.17, 15) is 4.79 Å². The molecule has 0 aliphatic rings. The molecule has 2 heterocycles. The van der Waals surface area contributed by atoms with Crippen LogP contribution in [0.1, 0.15) is 14.5 Å². The van der Waals surface area contributed by atoms with Crippen LogP contribution in [0, 0.1) is 11.3 Å². The van der Waals surface area contributed by atoms with Crippen molar-refractivity contribution in [3.8, 4) is 17.6 Å². The maximum Gasteiger partial charge on any atom is 0.265 e. The number of fused-ring (bicyclic) bond motifs is 1. The zero-order chi connectivity index (χ0) is 18.6. The van der Waals surface area contributed by atoms with Gasteiger partial charge in [0.25, 0.3) is 5.91 Å². The Morgan fingerprint density at radius 1 is 1.07 bits per heavy atom. The molecular weight excluding hydrogens is 358 g/mol. The van der Waals surface area contributed by atoms with Gasteiger partial charge >= 0.3 is 0 Å². The molecule has 5 nitrogen and oxygen atoms in total. The van der Waals surface area contributed by atoms with Gasteiger partial charge in [0.15, 0.2) is 0 Å². The fraction of sp³-hybridized carbons (Fsp3) is 0. The molecule has 0 spiro atoms. The summed E-state index contributed by atoms with van der Waals surface area (Å²) < 4.78 is 6.01. The summed E-state index contributed by atoms with van der Waals surface area (Å²) in [5.41, 5.74) is 1.47. The first kappa shape index (κ1) is 16.8. The van der Waals surface area contributed by atoms with E-state index < -0.39 is 0 Å². The van der Waals surface area contributed by atoms with Gasteiger partial charge in [0, 0.05) is 23.3 Å². The minimum absolute atomic E-state index is 0.256. The molecule has 0 atom stereocenters. The number of aromatic nitrogens is 1. The normalized spacial score (nSPS) is 10.3. The third kappa shape index (κ3) is 3.64. The second-order valence-corrected chi connectivity index (χ2v) is 6.77. The zero-order valence-corrected chi connectivity index (χ0v) is 14.9. The van der Waals surface area contributed by atoms with E-state index in [1.54, 1.807) is 30.5 Å². The number of carbonyl (C=O) groups is 1. The van der Waals surface area contributed by atoms with Gasteiger partial charge in [-0.25, -0.2) is 0 Å². The van der Waals surface area contributed by atoms with Crippen LogP contribution in [-0.2, 0) is 0 Å². The number of rotatable bonds is 4.